The lowest BCUT2D eigenvalue weighted by atomic mass is 9.91. The van der Waals surface area contributed by atoms with Crippen molar-refractivity contribution in [3.05, 3.63) is 0 Å². The molecule has 0 aromatic rings. The lowest BCUT2D eigenvalue weighted by molar-refractivity contribution is 0.0261. The predicted octanol–water partition coefficient (Wildman–Crippen LogP) is 1.43. The molecule has 3 N–H and O–H groups in total. The third-order valence-electron chi connectivity index (χ3n) is 3.73. The van der Waals surface area contributed by atoms with Crippen LogP contribution in [0.5, 0.6) is 0 Å². The summed E-state index contributed by atoms with van der Waals surface area (Å²) >= 11 is 0. The van der Waals surface area contributed by atoms with Gasteiger partial charge in [0.2, 0.25) is 0 Å². The quantitative estimate of drug-likeness (QED) is 0.650. The Labute approximate surface area is 92.9 Å². The molecule has 90 valence electrons. The molecule has 0 bridgehead atoms. The molecule has 1 saturated carbocycles. The molecular formula is C12H25NO2. The molecule has 1 rings (SSSR count). The van der Waals surface area contributed by atoms with E-state index in [0.717, 1.165) is 38.5 Å². The minimum atomic E-state index is -0.546. The van der Waals surface area contributed by atoms with Crippen LogP contribution in [0.1, 0.15) is 52.4 Å². The smallest absolute Gasteiger partial charge is 0.0766 e. The second-order valence-corrected chi connectivity index (χ2v) is 4.82. The van der Waals surface area contributed by atoms with Crippen LogP contribution in [0.3, 0.4) is 0 Å². The first kappa shape index (κ1) is 12.9. The van der Waals surface area contributed by atoms with Crippen molar-refractivity contribution in [3.63, 3.8) is 0 Å². The standard InChI is InChI=1S/C12H25NO2/c1-3-12(15,4-2)9-13-10-5-7-11(14)8-6-10/h10-11,13-15H,3-9H2,1-2H3. The van der Waals surface area contributed by atoms with Crippen LogP contribution in [0, 0.1) is 0 Å². The minimum Gasteiger partial charge on any atom is -0.393 e. The Morgan fingerprint density at radius 1 is 1.13 bits per heavy atom. The van der Waals surface area contributed by atoms with Crippen LogP contribution in [0.2, 0.25) is 0 Å². The van der Waals surface area contributed by atoms with E-state index in [1.165, 1.54) is 0 Å². The van der Waals surface area contributed by atoms with Crippen LogP contribution < -0.4 is 5.32 Å². The summed E-state index contributed by atoms with van der Waals surface area (Å²) in [6, 6.07) is 0.484. The van der Waals surface area contributed by atoms with Gasteiger partial charge >= 0.3 is 0 Å². The van der Waals surface area contributed by atoms with Gasteiger partial charge in [-0.25, -0.2) is 0 Å². The summed E-state index contributed by atoms with van der Waals surface area (Å²) in [6.45, 7) is 4.73. The van der Waals surface area contributed by atoms with Gasteiger partial charge in [-0.3, -0.25) is 0 Å². The highest BCUT2D eigenvalue weighted by atomic mass is 16.3. The Morgan fingerprint density at radius 3 is 2.13 bits per heavy atom. The zero-order valence-electron chi connectivity index (χ0n) is 10.00. The topological polar surface area (TPSA) is 52.5 Å². The molecule has 0 aromatic carbocycles. The van der Waals surface area contributed by atoms with Crippen molar-refractivity contribution in [1.29, 1.82) is 0 Å². The molecule has 0 atom stereocenters. The first-order chi connectivity index (χ1) is 7.09. The zero-order valence-corrected chi connectivity index (χ0v) is 10.00. The molecule has 0 spiro atoms. The number of aliphatic hydroxyl groups is 2. The highest BCUT2D eigenvalue weighted by molar-refractivity contribution is 4.83. The van der Waals surface area contributed by atoms with E-state index in [-0.39, 0.29) is 6.10 Å². The van der Waals surface area contributed by atoms with Crippen molar-refractivity contribution in [2.24, 2.45) is 0 Å². The second-order valence-electron chi connectivity index (χ2n) is 4.82. The second kappa shape index (κ2) is 5.83. The highest BCUT2D eigenvalue weighted by Crippen LogP contribution is 2.20. The van der Waals surface area contributed by atoms with Crippen molar-refractivity contribution in [2.75, 3.05) is 6.54 Å². The molecule has 3 heteroatoms. The van der Waals surface area contributed by atoms with Gasteiger partial charge in [0.25, 0.3) is 0 Å². The van der Waals surface area contributed by atoms with Crippen LogP contribution in [-0.4, -0.2) is 34.5 Å². The van der Waals surface area contributed by atoms with E-state index in [4.69, 9.17) is 0 Å². The molecule has 0 unspecified atom stereocenters. The zero-order chi connectivity index (χ0) is 11.3. The molecule has 0 aromatic heterocycles. The Kier molecular flexibility index (Phi) is 5.03. The van der Waals surface area contributed by atoms with Crippen molar-refractivity contribution >= 4 is 0 Å². The van der Waals surface area contributed by atoms with Gasteiger partial charge < -0.3 is 15.5 Å². The lowest BCUT2D eigenvalue weighted by Gasteiger charge is -2.31. The number of hydrogen-bond donors (Lipinski definition) is 3. The van der Waals surface area contributed by atoms with Crippen molar-refractivity contribution in [1.82, 2.24) is 5.32 Å². The maximum atomic E-state index is 10.1. The molecule has 3 nitrogen and oxygen atoms in total. The molecule has 0 aliphatic heterocycles. The molecule has 0 saturated heterocycles. The van der Waals surface area contributed by atoms with Gasteiger partial charge in [0.05, 0.1) is 11.7 Å². The van der Waals surface area contributed by atoms with E-state index >= 15 is 0 Å². The SMILES string of the molecule is CCC(O)(CC)CNC1CCC(O)CC1. The number of hydrogen-bond acceptors (Lipinski definition) is 3. The Hall–Kier alpha value is -0.120. The summed E-state index contributed by atoms with van der Waals surface area (Å²) in [6.07, 6.45) is 5.36. The molecule has 0 amide bonds. The average molecular weight is 215 g/mol. The van der Waals surface area contributed by atoms with E-state index < -0.39 is 5.60 Å². The molecule has 0 radical (unpaired) electrons. The highest BCUT2D eigenvalue weighted by Gasteiger charge is 2.25. The van der Waals surface area contributed by atoms with Crippen LogP contribution in [0.4, 0.5) is 0 Å². The monoisotopic (exact) mass is 215 g/mol. The van der Waals surface area contributed by atoms with Gasteiger partial charge in [0.1, 0.15) is 0 Å². The summed E-state index contributed by atoms with van der Waals surface area (Å²) in [7, 11) is 0. The lowest BCUT2D eigenvalue weighted by Crippen LogP contribution is -2.45. The molecule has 1 aliphatic carbocycles. The largest absolute Gasteiger partial charge is 0.393 e. The van der Waals surface area contributed by atoms with Crippen LogP contribution in [-0.2, 0) is 0 Å². The maximum Gasteiger partial charge on any atom is 0.0766 e. The Morgan fingerprint density at radius 2 is 1.67 bits per heavy atom. The fraction of sp³-hybridized carbons (Fsp3) is 1.00. The first-order valence-electron chi connectivity index (χ1n) is 6.23. The van der Waals surface area contributed by atoms with Crippen molar-refractivity contribution in [3.8, 4) is 0 Å². The summed E-state index contributed by atoms with van der Waals surface area (Å²) < 4.78 is 0. The molecule has 1 aliphatic rings. The molecule has 15 heavy (non-hydrogen) atoms. The predicted molar refractivity (Wildman–Crippen MR) is 61.8 cm³/mol. The Balaban J connectivity index is 2.24. The molecule has 1 fully saturated rings. The summed E-state index contributed by atoms with van der Waals surface area (Å²) in [5.41, 5.74) is -0.546. The average Bonchev–Trinajstić information content (AvgIpc) is 2.28. The van der Waals surface area contributed by atoms with Gasteiger partial charge in [-0.2, -0.15) is 0 Å². The van der Waals surface area contributed by atoms with Crippen molar-refractivity contribution in [2.45, 2.75) is 70.1 Å². The van der Waals surface area contributed by atoms with Crippen molar-refractivity contribution < 1.29 is 10.2 Å². The van der Waals surface area contributed by atoms with E-state index in [1.807, 2.05) is 13.8 Å². The number of rotatable bonds is 5. The van der Waals surface area contributed by atoms with Crippen LogP contribution in [0.25, 0.3) is 0 Å². The summed E-state index contributed by atoms with van der Waals surface area (Å²) in [5.74, 6) is 0. The van der Waals surface area contributed by atoms with E-state index in [9.17, 15) is 10.2 Å². The molecule has 0 heterocycles. The number of aliphatic hydroxyl groups excluding tert-OH is 1. The van der Waals surface area contributed by atoms with Gasteiger partial charge in [0.15, 0.2) is 0 Å². The van der Waals surface area contributed by atoms with E-state index in [0.29, 0.717) is 12.6 Å². The maximum absolute atomic E-state index is 10.1. The fourth-order valence-corrected chi connectivity index (χ4v) is 2.11. The number of nitrogens with one attached hydrogen (secondary N) is 1. The summed E-state index contributed by atoms with van der Waals surface area (Å²) in [5, 5.41) is 22.9. The minimum absolute atomic E-state index is 0.0979. The Bertz CT molecular complexity index is 172. The van der Waals surface area contributed by atoms with Gasteiger partial charge in [0, 0.05) is 12.6 Å². The first-order valence-corrected chi connectivity index (χ1v) is 6.23. The summed E-state index contributed by atoms with van der Waals surface area (Å²) in [4.78, 5) is 0. The van der Waals surface area contributed by atoms with Gasteiger partial charge in [-0.05, 0) is 38.5 Å². The van der Waals surface area contributed by atoms with Crippen LogP contribution >= 0.6 is 0 Å². The van der Waals surface area contributed by atoms with Crippen LogP contribution in [0.15, 0.2) is 0 Å². The third-order valence-corrected chi connectivity index (χ3v) is 3.73. The fourth-order valence-electron chi connectivity index (χ4n) is 2.11. The van der Waals surface area contributed by atoms with Gasteiger partial charge in [-0.1, -0.05) is 13.8 Å². The molecular weight excluding hydrogens is 190 g/mol. The van der Waals surface area contributed by atoms with E-state index in [1.54, 1.807) is 0 Å². The third kappa shape index (κ3) is 4.09. The van der Waals surface area contributed by atoms with Gasteiger partial charge in [-0.15, -0.1) is 0 Å². The normalized spacial score (nSPS) is 28.0. The van der Waals surface area contributed by atoms with E-state index in [2.05, 4.69) is 5.32 Å².